The molecule has 126 valence electrons. The number of rotatable bonds is 5. The highest BCUT2D eigenvalue weighted by molar-refractivity contribution is 5.76. The highest BCUT2D eigenvalue weighted by Gasteiger charge is 2.23. The first-order chi connectivity index (χ1) is 12.0. The second-order valence-corrected chi connectivity index (χ2v) is 5.15. The Morgan fingerprint density at radius 3 is 2.28 bits per heavy atom. The van der Waals surface area contributed by atoms with Crippen LogP contribution < -0.4 is 10.6 Å². The van der Waals surface area contributed by atoms with E-state index in [1.807, 2.05) is 13.0 Å². The molecule has 9 heteroatoms. The van der Waals surface area contributed by atoms with Crippen molar-refractivity contribution in [2.75, 3.05) is 10.6 Å². The van der Waals surface area contributed by atoms with Crippen molar-refractivity contribution in [2.45, 2.75) is 6.92 Å². The van der Waals surface area contributed by atoms with E-state index < -0.39 is 10.7 Å². The second-order valence-electron chi connectivity index (χ2n) is 5.15. The van der Waals surface area contributed by atoms with Crippen LogP contribution in [-0.2, 0) is 0 Å². The molecule has 0 bridgehead atoms. The SMILES string of the molecule is Cc1ccc(Nc2ncnc(Nc3ccc(F)cc3)c2[N+](=O)[O-])nc1. The van der Waals surface area contributed by atoms with Crippen molar-refractivity contribution < 1.29 is 9.31 Å². The third-order valence-corrected chi connectivity index (χ3v) is 3.27. The Kier molecular flexibility index (Phi) is 4.46. The van der Waals surface area contributed by atoms with Crippen molar-refractivity contribution in [1.82, 2.24) is 15.0 Å². The summed E-state index contributed by atoms with van der Waals surface area (Å²) in [5.41, 5.74) is 1.08. The van der Waals surface area contributed by atoms with Gasteiger partial charge in [0.15, 0.2) is 0 Å². The van der Waals surface area contributed by atoms with E-state index in [-0.39, 0.29) is 17.3 Å². The van der Waals surface area contributed by atoms with Crippen molar-refractivity contribution in [3.63, 3.8) is 0 Å². The lowest BCUT2D eigenvalue weighted by molar-refractivity contribution is -0.383. The largest absolute Gasteiger partial charge is 0.353 e. The fraction of sp³-hybridized carbons (Fsp3) is 0.0625. The summed E-state index contributed by atoms with van der Waals surface area (Å²) < 4.78 is 13.0. The molecule has 0 unspecified atom stereocenters. The van der Waals surface area contributed by atoms with Crippen LogP contribution in [0.15, 0.2) is 48.9 Å². The highest BCUT2D eigenvalue weighted by Crippen LogP contribution is 2.32. The van der Waals surface area contributed by atoms with E-state index in [0.29, 0.717) is 11.5 Å². The van der Waals surface area contributed by atoms with Crippen LogP contribution in [0.1, 0.15) is 5.56 Å². The van der Waals surface area contributed by atoms with Crippen LogP contribution in [0, 0.1) is 22.9 Å². The van der Waals surface area contributed by atoms with Crippen LogP contribution >= 0.6 is 0 Å². The van der Waals surface area contributed by atoms with Gasteiger partial charge in [-0.05, 0) is 42.8 Å². The summed E-state index contributed by atoms with van der Waals surface area (Å²) in [5, 5.41) is 17.1. The smallest absolute Gasteiger partial charge is 0.334 e. The molecule has 8 nitrogen and oxygen atoms in total. The first-order valence-corrected chi connectivity index (χ1v) is 7.24. The van der Waals surface area contributed by atoms with E-state index in [4.69, 9.17) is 0 Å². The number of aromatic nitrogens is 3. The minimum Gasteiger partial charge on any atom is -0.334 e. The maximum Gasteiger partial charge on any atom is 0.353 e. The van der Waals surface area contributed by atoms with E-state index in [1.54, 1.807) is 12.3 Å². The Balaban J connectivity index is 1.94. The van der Waals surface area contributed by atoms with Crippen molar-refractivity contribution >= 4 is 28.8 Å². The van der Waals surface area contributed by atoms with E-state index in [9.17, 15) is 14.5 Å². The molecule has 0 amide bonds. The molecule has 0 radical (unpaired) electrons. The number of hydrogen-bond donors (Lipinski definition) is 2. The molecule has 0 saturated heterocycles. The number of nitrogens with zero attached hydrogens (tertiary/aromatic N) is 4. The molecule has 0 saturated carbocycles. The van der Waals surface area contributed by atoms with Crippen molar-refractivity contribution in [1.29, 1.82) is 0 Å². The molecule has 2 heterocycles. The minimum absolute atomic E-state index is 0.000893. The third kappa shape index (κ3) is 3.83. The molecule has 3 aromatic rings. The molecular weight excluding hydrogens is 327 g/mol. The Hall–Kier alpha value is -3.62. The predicted molar refractivity (Wildman–Crippen MR) is 90.6 cm³/mol. The number of pyridine rings is 1. The van der Waals surface area contributed by atoms with Gasteiger partial charge in [0, 0.05) is 11.9 Å². The zero-order valence-electron chi connectivity index (χ0n) is 13.1. The minimum atomic E-state index is -0.595. The fourth-order valence-corrected chi connectivity index (χ4v) is 2.07. The van der Waals surface area contributed by atoms with Gasteiger partial charge in [0.2, 0.25) is 11.6 Å². The van der Waals surface area contributed by atoms with Gasteiger partial charge in [-0.1, -0.05) is 6.07 Å². The van der Waals surface area contributed by atoms with Gasteiger partial charge < -0.3 is 10.6 Å². The number of benzene rings is 1. The quantitative estimate of drug-likeness (QED) is 0.538. The van der Waals surface area contributed by atoms with Gasteiger partial charge in [-0.2, -0.15) is 0 Å². The second kappa shape index (κ2) is 6.87. The number of aryl methyl sites for hydroxylation is 1. The summed E-state index contributed by atoms with van der Waals surface area (Å²) in [5.74, 6) is -0.00199. The Morgan fingerprint density at radius 2 is 1.68 bits per heavy atom. The van der Waals surface area contributed by atoms with Crippen LogP contribution in [0.4, 0.5) is 33.2 Å². The number of anilines is 4. The molecule has 3 rings (SSSR count). The average molecular weight is 340 g/mol. The number of nitrogens with one attached hydrogen (secondary N) is 2. The first kappa shape index (κ1) is 16.2. The average Bonchev–Trinajstić information content (AvgIpc) is 2.59. The van der Waals surface area contributed by atoms with E-state index in [0.717, 1.165) is 5.56 Å². The summed E-state index contributed by atoms with van der Waals surface area (Å²) >= 11 is 0. The van der Waals surface area contributed by atoms with Gasteiger partial charge in [0.1, 0.15) is 18.0 Å². The monoisotopic (exact) mass is 340 g/mol. The zero-order chi connectivity index (χ0) is 17.8. The molecule has 0 spiro atoms. The van der Waals surface area contributed by atoms with Gasteiger partial charge in [-0.3, -0.25) is 10.1 Å². The standard InChI is InChI=1S/C16H13FN6O2/c1-10-2-7-13(18-8-10)22-16-14(23(24)25)15(19-9-20-16)21-12-5-3-11(17)4-6-12/h2-9H,1H3,(H2,18,19,20,21,22). The molecule has 0 aliphatic heterocycles. The van der Waals surface area contributed by atoms with E-state index in [2.05, 4.69) is 25.6 Å². The lowest BCUT2D eigenvalue weighted by Crippen LogP contribution is -2.06. The van der Waals surface area contributed by atoms with Crippen molar-refractivity contribution in [3.05, 3.63) is 70.4 Å². The van der Waals surface area contributed by atoms with Crippen LogP contribution in [0.3, 0.4) is 0 Å². The van der Waals surface area contributed by atoms with Crippen LogP contribution in [0.2, 0.25) is 0 Å². The number of hydrogen-bond acceptors (Lipinski definition) is 7. The first-order valence-electron chi connectivity index (χ1n) is 7.24. The third-order valence-electron chi connectivity index (χ3n) is 3.27. The molecule has 0 aliphatic rings. The summed E-state index contributed by atoms with van der Waals surface area (Å²) in [6.45, 7) is 1.88. The molecular formula is C16H13FN6O2. The molecule has 2 N–H and O–H groups in total. The molecule has 1 aromatic carbocycles. The van der Waals surface area contributed by atoms with Gasteiger partial charge in [0.25, 0.3) is 0 Å². The van der Waals surface area contributed by atoms with Gasteiger partial charge in [-0.15, -0.1) is 0 Å². The predicted octanol–water partition coefficient (Wildman–Crippen LogP) is 3.71. The van der Waals surface area contributed by atoms with Crippen molar-refractivity contribution in [3.8, 4) is 0 Å². The summed E-state index contributed by atoms with van der Waals surface area (Å²) in [6.07, 6.45) is 2.82. The lowest BCUT2D eigenvalue weighted by atomic mass is 10.3. The maximum atomic E-state index is 13.0. The van der Waals surface area contributed by atoms with Gasteiger partial charge in [0.05, 0.1) is 4.92 Å². The molecule has 25 heavy (non-hydrogen) atoms. The fourth-order valence-electron chi connectivity index (χ4n) is 2.07. The molecule has 0 atom stereocenters. The van der Waals surface area contributed by atoms with Crippen molar-refractivity contribution in [2.24, 2.45) is 0 Å². The van der Waals surface area contributed by atoms with E-state index >= 15 is 0 Å². The van der Waals surface area contributed by atoms with Crippen LogP contribution in [0.5, 0.6) is 0 Å². The Labute approximate surface area is 141 Å². The number of halogens is 1. The Bertz CT molecular complexity index is 834. The van der Waals surface area contributed by atoms with Crippen LogP contribution in [0.25, 0.3) is 0 Å². The Morgan fingerprint density at radius 1 is 1.00 bits per heavy atom. The van der Waals surface area contributed by atoms with E-state index in [1.165, 1.54) is 30.6 Å². The number of nitro groups is 1. The normalized spacial score (nSPS) is 10.3. The molecule has 0 aliphatic carbocycles. The highest BCUT2D eigenvalue weighted by atomic mass is 19.1. The molecule has 2 aromatic heterocycles. The van der Waals surface area contributed by atoms with Crippen LogP contribution in [-0.4, -0.2) is 19.9 Å². The maximum absolute atomic E-state index is 13.0. The molecule has 0 fully saturated rings. The van der Waals surface area contributed by atoms with Gasteiger partial charge >= 0.3 is 5.69 Å². The lowest BCUT2D eigenvalue weighted by Gasteiger charge is -2.09. The van der Waals surface area contributed by atoms with Gasteiger partial charge in [-0.25, -0.2) is 19.3 Å². The topological polar surface area (TPSA) is 106 Å². The summed E-state index contributed by atoms with van der Waals surface area (Å²) in [6, 6.07) is 8.90. The zero-order valence-corrected chi connectivity index (χ0v) is 13.1. The summed E-state index contributed by atoms with van der Waals surface area (Å²) in [4.78, 5) is 22.9. The summed E-state index contributed by atoms with van der Waals surface area (Å²) in [7, 11) is 0.